The Hall–Kier alpha value is -0.940. The van der Waals surface area contributed by atoms with Crippen LogP contribution in [0.5, 0.6) is 0 Å². The van der Waals surface area contributed by atoms with Crippen LogP contribution in [0.4, 0.5) is 0 Å². The van der Waals surface area contributed by atoms with E-state index in [-0.39, 0.29) is 11.3 Å². The van der Waals surface area contributed by atoms with Gasteiger partial charge in [0.05, 0.1) is 5.69 Å². The number of nitrogens with zero attached hydrogens (tertiary/aromatic N) is 2. The van der Waals surface area contributed by atoms with E-state index in [4.69, 9.17) is 0 Å². The number of likely N-dealkylation sites (tertiary alicyclic amines) is 1. The maximum atomic E-state index is 11.4. The Balaban J connectivity index is 1.55. The molecule has 1 amide bonds. The molecule has 0 saturated carbocycles. The van der Waals surface area contributed by atoms with Crippen molar-refractivity contribution in [2.75, 3.05) is 19.6 Å². The molecule has 2 fully saturated rings. The summed E-state index contributed by atoms with van der Waals surface area (Å²) in [5.74, 6) is 0.238. The van der Waals surface area contributed by atoms with E-state index in [1.165, 1.54) is 4.88 Å². The molecule has 0 unspecified atom stereocenters. The smallest absolute Gasteiger partial charge is 0.220 e. The molecule has 18 heavy (non-hydrogen) atoms. The minimum Gasteiger partial charge on any atom is -0.356 e. The lowest BCUT2D eigenvalue weighted by Gasteiger charge is -2.37. The summed E-state index contributed by atoms with van der Waals surface area (Å²) in [6.07, 6.45) is 3.02. The third-order valence-corrected chi connectivity index (χ3v) is 5.03. The molecule has 2 aliphatic heterocycles. The van der Waals surface area contributed by atoms with Crippen molar-refractivity contribution in [3.8, 4) is 0 Å². The van der Waals surface area contributed by atoms with Crippen LogP contribution in [0.3, 0.4) is 0 Å². The molecular weight excluding hydrogens is 246 g/mol. The third kappa shape index (κ3) is 2.42. The zero-order valence-electron chi connectivity index (χ0n) is 10.7. The number of hydrogen-bond acceptors (Lipinski definition) is 4. The molecule has 0 aliphatic carbocycles. The van der Waals surface area contributed by atoms with Gasteiger partial charge in [0, 0.05) is 24.4 Å². The van der Waals surface area contributed by atoms with Crippen molar-refractivity contribution in [1.29, 1.82) is 0 Å². The normalized spacial score (nSPS) is 23.5. The number of nitrogens with one attached hydrogen (secondary N) is 1. The summed E-state index contributed by atoms with van der Waals surface area (Å²) in [5, 5.41) is 2.98. The van der Waals surface area contributed by atoms with Gasteiger partial charge in [-0.05, 0) is 55.9 Å². The van der Waals surface area contributed by atoms with Crippen LogP contribution >= 0.6 is 11.5 Å². The molecule has 1 spiro atoms. The molecule has 0 bridgehead atoms. The number of carbonyl (C=O) groups excluding carboxylic acids is 1. The van der Waals surface area contributed by atoms with Crippen LogP contribution in [0, 0.1) is 12.3 Å². The van der Waals surface area contributed by atoms with E-state index >= 15 is 0 Å². The molecular formula is C13H19N3OS. The van der Waals surface area contributed by atoms with Crippen LogP contribution in [0.2, 0.25) is 0 Å². The molecule has 1 aromatic heterocycles. The van der Waals surface area contributed by atoms with E-state index in [9.17, 15) is 4.79 Å². The van der Waals surface area contributed by atoms with Gasteiger partial charge in [-0.2, -0.15) is 4.37 Å². The summed E-state index contributed by atoms with van der Waals surface area (Å²) in [6, 6.07) is 2.18. The number of aryl methyl sites for hydroxylation is 1. The standard InChI is InChI=1S/C13H19N3OS/c1-10-6-11(18-15-10)8-16-4-2-13(3-5-16)7-12(17)14-9-13/h6H,2-5,7-9H2,1H3,(H,14,17). The van der Waals surface area contributed by atoms with E-state index < -0.39 is 0 Å². The van der Waals surface area contributed by atoms with Crippen molar-refractivity contribution >= 4 is 17.4 Å². The average molecular weight is 265 g/mol. The predicted octanol–water partition coefficient (Wildman–Crippen LogP) is 1.55. The maximum Gasteiger partial charge on any atom is 0.220 e. The average Bonchev–Trinajstić information content (AvgIpc) is 2.90. The van der Waals surface area contributed by atoms with Gasteiger partial charge in [0.2, 0.25) is 5.91 Å². The van der Waals surface area contributed by atoms with E-state index in [0.717, 1.165) is 51.1 Å². The molecule has 3 rings (SSSR count). The Morgan fingerprint density at radius 3 is 2.83 bits per heavy atom. The maximum absolute atomic E-state index is 11.4. The second-order valence-corrected chi connectivity index (χ2v) is 6.55. The molecule has 1 N–H and O–H groups in total. The number of rotatable bonds is 2. The molecule has 3 heterocycles. The summed E-state index contributed by atoms with van der Waals surface area (Å²) >= 11 is 1.61. The van der Waals surface area contributed by atoms with Crippen molar-refractivity contribution < 1.29 is 4.79 Å². The molecule has 2 saturated heterocycles. The minimum atomic E-state index is 0.238. The number of carbonyl (C=O) groups is 1. The Kier molecular flexibility index (Phi) is 3.11. The summed E-state index contributed by atoms with van der Waals surface area (Å²) in [4.78, 5) is 15.2. The van der Waals surface area contributed by atoms with Crippen LogP contribution < -0.4 is 5.32 Å². The van der Waals surface area contributed by atoms with Gasteiger partial charge < -0.3 is 5.32 Å². The molecule has 4 nitrogen and oxygen atoms in total. The van der Waals surface area contributed by atoms with Crippen LogP contribution in [-0.2, 0) is 11.3 Å². The SMILES string of the molecule is Cc1cc(CN2CCC3(CC2)CNC(=O)C3)sn1. The van der Waals surface area contributed by atoms with E-state index in [2.05, 4.69) is 20.7 Å². The Morgan fingerprint density at radius 2 is 2.28 bits per heavy atom. The summed E-state index contributed by atoms with van der Waals surface area (Å²) < 4.78 is 4.32. The molecule has 0 radical (unpaired) electrons. The fourth-order valence-electron chi connectivity index (χ4n) is 3.00. The van der Waals surface area contributed by atoms with Crippen molar-refractivity contribution in [3.05, 3.63) is 16.6 Å². The minimum absolute atomic E-state index is 0.238. The van der Waals surface area contributed by atoms with E-state index in [0.29, 0.717) is 0 Å². The monoisotopic (exact) mass is 265 g/mol. The summed E-state index contributed by atoms with van der Waals surface area (Å²) in [6.45, 7) is 6.15. The molecule has 1 aromatic rings. The largest absolute Gasteiger partial charge is 0.356 e. The number of amides is 1. The first-order valence-electron chi connectivity index (χ1n) is 6.57. The van der Waals surface area contributed by atoms with E-state index in [1.807, 2.05) is 6.92 Å². The first-order chi connectivity index (χ1) is 8.65. The van der Waals surface area contributed by atoms with Gasteiger partial charge in [-0.15, -0.1) is 0 Å². The van der Waals surface area contributed by atoms with Gasteiger partial charge in [-0.25, -0.2) is 0 Å². The lowest BCUT2D eigenvalue weighted by Crippen LogP contribution is -2.40. The highest BCUT2D eigenvalue weighted by Crippen LogP contribution is 2.37. The third-order valence-electron chi connectivity index (χ3n) is 4.17. The van der Waals surface area contributed by atoms with Gasteiger partial charge >= 0.3 is 0 Å². The Morgan fingerprint density at radius 1 is 1.50 bits per heavy atom. The van der Waals surface area contributed by atoms with Gasteiger partial charge in [0.15, 0.2) is 0 Å². The lowest BCUT2D eigenvalue weighted by molar-refractivity contribution is -0.119. The van der Waals surface area contributed by atoms with Crippen molar-refractivity contribution in [2.24, 2.45) is 5.41 Å². The first kappa shape index (κ1) is 12.1. The quantitative estimate of drug-likeness (QED) is 0.882. The topological polar surface area (TPSA) is 45.2 Å². The highest BCUT2D eigenvalue weighted by molar-refractivity contribution is 7.05. The second-order valence-electron chi connectivity index (χ2n) is 5.66. The molecule has 0 aromatic carbocycles. The van der Waals surface area contributed by atoms with Gasteiger partial charge in [-0.3, -0.25) is 9.69 Å². The highest BCUT2D eigenvalue weighted by atomic mass is 32.1. The van der Waals surface area contributed by atoms with Gasteiger partial charge in [-0.1, -0.05) is 0 Å². The van der Waals surface area contributed by atoms with Crippen LogP contribution in [-0.4, -0.2) is 34.8 Å². The van der Waals surface area contributed by atoms with E-state index in [1.54, 1.807) is 11.5 Å². The fraction of sp³-hybridized carbons (Fsp3) is 0.692. The van der Waals surface area contributed by atoms with Gasteiger partial charge in [0.1, 0.15) is 0 Å². The Labute approximate surface area is 112 Å². The number of aromatic nitrogens is 1. The van der Waals surface area contributed by atoms with Crippen molar-refractivity contribution in [3.63, 3.8) is 0 Å². The highest BCUT2D eigenvalue weighted by Gasteiger charge is 2.40. The predicted molar refractivity (Wildman–Crippen MR) is 71.4 cm³/mol. The van der Waals surface area contributed by atoms with Crippen molar-refractivity contribution in [2.45, 2.75) is 32.7 Å². The zero-order chi connectivity index (χ0) is 12.6. The molecule has 5 heteroatoms. The lowest BCUT2D eigenvalue weighted by atomic mass is 9.78. The van der Waals surface area contributed by atoms with Gasteiger partial charge in [0.25, 0.3) is 0 Å². The molecule has 2 aliphatic rings. The molecule has 0 atom stereocenters. The molecule has 98 valence electrons. The number of hydrogen-bond donors (Lipinski definition) is 1. The van der Waals surface area contributed by atoms with Crippen molar-refractivity contribution in [1.82, 2.24) is 14.6 Å². The fourth-order valence-corrected chi connectivity index (χ4v) is 3.78. The summed E-state index contributed by atoms with van der Waals surface area (Å²) in [7, 11) is 0. The zero-order valence-corrected chi connectivity index (χ0v) is 11.6. The number of piperidine rings is 1. The van der Waals surface area contributed by atoms with Crippen LogP contribution in [0.25, 0.3) is 0 Å². The second kappa shape index (κ2) is 4.63. The first-order valence-corrected chi connectivity index (χ1v) is 7.34. The van der Waals surface area contributed by atoms with Crippen LogP contribution in [0.1, 0.15) is 29.8 Å². The Bertz CT molecular complexity index is 449. The van der Waals surface area contributed by atoms with Crippen LogP contribution in [0.15, 0.2) is 6.07 Å². The summed E-state index contributed by atoms with van der Waals surface area (Å²) in [5.41, 5.74) is 1.38.